The summed E-state index contributed by atoms with van der Waals surface area (Å²) in [5, 5.41) is 0.733. The molecule has 0 saturated carbocycles. The Bertz CT molecular complexity index is 754. The first-order valence-corrected chi connectivity index (χ1v) is 8.60. The Morgan fingerprint density at radius 3 is 2.30 bits per heavy atom. The summed E-state index contributed by atoms with van der Waals surface area (Å²) in [7, 11) is 0. The zero-order valence-corrected chi connectivity index (χ0v) is 15.5. The molecule has 0 fully saturated rings. The highest BCUT2D eigenvalue weighted by atomic mass is 79.9. The van der Waals surface area contributed by atoms with E-state index in [1.807, 2.05) is 6.07 Å². The number of hydrogen-bond donors (Lipinski definition) is 0. The third-order valence-electron chi connectivity index (χ3n) is 3.38. The molecule has 2 aromatic rings. The molecule has 124 valence electrons. The number of carbonyl (C=O) groups is 1. The number of halogens is 1. The number of fused-ring (bicyclic) bond motifs is 1. The summed E-state index contributed by atoms with van der Waals surface area (Å²) in [6, 6.07) is 6.98. The molecule has 0 saturated heterocycles. The van der Waals surface area contributed by atoms with Gasteiger partial charge >= 0.3 is 5.63 Å². The second kappa shape index (κ2) is 7.30. The fourth-order valence-corrected chi connectivity index (χ4v) is 2.91. The Hall–Kier alpha value is -1.62. The van der Waals surface area contributed by atoms with Gasteiger partial charge in [0.2, 0.25) is 0 Å². The molecule has 0 N–H and O–H groups in total. The van der Waals surface area contributed by atoms with Crippen LogP contribution in [0.4, 0.5) is 0 Å². The molecule has 1 heterocycles. The van der Waals surface area contributed by atoms with Crippen LogP contribution in [0.2, 0.25) is 0 Å². The van der Waals surface area contributed by atoms with Crippen LogP contribution in [0.3, 0.4) is 0 Å². The number of rotatable bonds is 5. The maximum absolute atomic E-state index is 12.8. The van der Waals surface area contributed by atoms with Crippen molar-refractivity contribution in [1.29, 1.82) is 0 Å². The van der Waals surface area contributed by atoms with Gasteiger partial charge in [-0.2, -0.15) is 0 Å². The first kappa shape index (κ1) is 17.7. The molecule has 0 atom stereocenters. The minimum atomic E-state index is -0.581. The van der Waals surface area contributed by atoms with E-state index in [9.17, 15) is 9.59 Å². The Labute approximate surface area is 144 Å². The fraction of sp³-hybridized carbons (Fsp3) is 0.444. The summed E-state index contributed by atoms with van der Waals surface area (Å²) in [5.41, 5.74) is -0.00625. The predicted molar refractivity (Wildman–Crippen MR) is 95.8 cm³/mol. The van der Waals surface area contributed by atoms with Gasteiger partial charge in [0.25, 0.3) is 5.91 Å². The minimum Gasteiger partial charge on any atom is -0.422 e. The molecule has 1 aromatic heterocycles. The van der Waals surface area contributed by atoms with Crippen LogP contribution in [-0.2, 0) is 0 Å². The van der Waals surface area contributed by atoms with Crippen molar-refractivity contribution in [2.24, 2.45) is 11.8 Å². The quantitative estimate of drug-likeness (QED) is 0.727. The Balaban J connectivity index is 2.45. The van der Waals surface area contributed by atoms with Gasteiger partial charge in [0.1, 0.15) is 11.1 Å². The number of benzene rings is 1. The summed E-state index contributed by atoms with van der Waals surface area (Å²) in [4.78, 5) is 26.8. The third kappa shape index (κ3) is 4.44. The van der Waals surface area contributed by atoms with Crippen LogP contribution in [0.25, 0.3) is 11.0 Å². The van der Waals surface area contributed by atoms with Gasteiger partial charge in [-0.1, -0.05) is 43.6 Å². The molecule has 1 amide bonds. The topological polar surface area (TPSA) is 50.5 Å². The van der Waals surface area contributed by atoms with Crippen molar-refractivity contribution in [3.05, 3.63) is 44.7 Å². The van der Waals surface area contributed by atoms with E-state index in [-0.39, 0.29) is 11.5 Å². The lowest BCUT2D eigenvalue weighted by molar-refractivity contribution is 0.0711. The largest absolute Gasteiger partial charge is 0.422 e. The van der Waals surface area contributed by atoms with Crippen LogP contribution in [0.15, 0.2) is 37.9 Å². The molecular weight excluding hydrogens is 358 g/mol. The second-order valence-electron chi connectivity index (χ2n) is 6.63. The Kier molecular flexibility index (Phi) is 5.63. The van der Waals surface area contributed by atoms with Gasteiger partial charge in [-0.25, -0.2) is 4.79 Å². The van der Waals surface area contributed by atoms with Crippen molar-refractivity contribution in [1.82, 2.24) is 4.90 Å². The summed E-state index contributed by atoms with van der Waals surface area (Å²) >= 11 is 3.39. The highest BCUT2D eigenvalue weighted by Crippen LogP contribution is 2.20. The van der Waals surface area contributed by atoms with E-state index in [0.717, 1.165) is 9.86 Å². The maximum atomic E-state index is 12.8. The molecule has 0 spiro atoms. The van der Waals surface area contributed by atoms with Gasteiger partial charge in [-0.3, -0.25) is 4.79 Å². The lowest BCUT2D eigenvalue weighted by atomic mass is 10.1. The molecule has 0 aliphatic carbocycles. The molecule has 0 unspecified atom stereocenters. The predicted octanol–water partition coefficient (Wildman–Crippen LogP) is 4.31. The van der Waals surface area contributed by atoms with E-state index < -0.39 is 5.63 Å². The normalized spacial score (nSPS) is 11.4. The average Bonchev–Trinajstić information content (AvgIpc) is 2.44. The van der Waals surface area contributed by atoms with E-state index in [2.05, 4.69) is 43.6 Å². The average molecular weight is 380 g/mol. The summed E-state index contributed by atoms with van der Waals surface area (Å²) in [5.74, 6) is 0.404. The van der Waals surface area contributed by atoms with E-state index in [1.165, 1.54) is 0 Å². The standard InChI is InChI=1S/C18H22BrNO3/c1-11(2)9-20(10-12(3)4)17(21)15-8-13-7-14(19)5-6-16(13)23-18(15)22/h5-8,11-12H,9-10H2,1-4H3. The van der Waals surface area contributed by atoms with Crippen molar-refractivity contribution in [2.75, 3.05) is 13.1 Å². The molecule has 5 heteroatoms. The van der Waals surface area contributed by atoms with Crippen LogP contribution in [-0.4, -0.2) is 23.9 Å². The molecular formula is C18H22BrNO3. The first-order valence-electron chi connectivity index (χ1n) is 7.80. The van der Waals surface area contributed by atoms with Gasteiger partial charge in [0.05, 0.1) is 0 Å². The van der Waals surface area contributed by atoms with Crippen molar-refractivity contribution in [3.8, 4) is 0 Å². The fourth-order valence-electron chi connectivity index (χ4n) is 2.54. The van der Waals surface area contributed by atoms with Gasteiger partial charge in [0.15, 0.2) is 0 Å². The number of hydrogen-bond acceptors (Lipinski definition) is 3. The van der Waals surface area contributed by atoms with Crippen molar-refractivity contribution >= 4 is 32.8 Å². The zero-order valence-electron chi connectivity index (χ0n) is 13.9. The molecule has 0 aliphatic rings. The highest BCUT2D eigenvalue weighted by Gasteiger charge is 2.22. The van der Waals surface area contributed by atoms with Crippen LogP contribution in [0.1, 0.15) is 38.1 Å². The highest BCUT2D eigenvalue weighted by molar-refractivity contribution is 9.10. The van der Waals surface area contributed by atoms with Crippen molar-refractivity contribution < 1.29 is 9.21 Å². The SMILES string of the molecule is CC(C)CN(CC(C)C)C(=O)c1cc2cc(Br)ccc2oc1=O. The van der Waals surface area contributed by atoms with Crippen LogP contribution >= 0.6 is 15.9 Å². The van der Waals surface area contributed by atoms with Crippen molar-refractivity contribution in [2.45, 2.75) is 27.7 Å². The van der Waals surface area contributed by atoms with Crippen LogP contribution < -0.4 is 5.63 Å². The molecule has 0 aliphatic heterocycles. The Morgan fingerprint density at radius 2 is 1.74 bits per heavy atom. The molecule has 0 bridgehead atoms. The number of nitrogens with zero attached hydrogens (tertiary/aromatic N) is 1. The number of carbonyl (C=O) groups excluding carboxylic acids is 1. The van der Waals surface area contributed by atoms with Crippen molar-refractivity contribution in [3.63, 3.8) is 0 Å². The lowest BCUT2D eigenvalue weighted by Crippen LogP contribution is -2.39. The van der Waals surface area contributed by atoms with Crippen LogP contribution in [0.5, 0.6) is 0 Å². The Morgan fingerprint density at radius 1 is 1.13 bits per heavy atom. The van der Waals surface area contributed by atoms with Crippen LogP contribution in [0, 0.1) is 11.8 Å². The summed E-state index contributed by atoms with van der Waals surface area (Å²) in [6.45, 7) is 9.46. The molecule has 2 rings (SSSR count). The zero-order chi connectivity index (χ0) is 17.1. The van der Waals surface area contributed by atoms with E-state index in [4.69, 9.17) is 4.42 Å². The number of amides is 1. The van der Waals surface area contributed by atoms with E-state index in [0.29, 0.717) is 30.5 Å². The monoisotopic (exact) mass is 379 g/mol. The van der Waals surface area contributed by atoms with Gasteiger partial charge in [-0.15, -0.1) is 0 Å². The molecule has 0 radical (unpaired) electrons. The first-order chi connectivity index (χ1) is 10.8. The van der Waals surface area contributed by atoms with Gasteiger partial charge < -0.3 is 9.32 Å². The minimum absolute atomic E-state index is 0.0944. The maximum Gasteiger partial charge on any atom is 0.349 e. The molecule has 23 heavy (non-hydrogen) atoms. The van der Waals surface area contributed by atoms with E-state index in [1.54, 1.807) is 23.1 Å². The van der Waals surface area contributed by atoms with E-state index >= 15 is 0 Å². The summed E-state index contributed by atoms with van der Waals surface area (Å²) < 4.78 is 6.18. The third-order valence-corrected chi connectivity index (χ3v) is 3.88. The van der Waals surface area contributed by atoms with Gasteiger partial charge in [-0.05, 0) is 36.1 Å². The van der Waals surface area contributed by atoms with Gasteiger partial charge in [0, 0.05) is 22.9 Å². The summed E-state index contributed by atoms with van der Waals surface area (Å²) in [6.07, 6.45) is 0. The molecule has 4 nitrogen and oxygen atoms in total. The lowest BCUT2D eigenvalue weighted by Gasteiger charge is -2.26. The molecule has 1 aromatic carbocycles. The second-order valence-corrected chi connectivity index (χ2v) is 7.54. The smallest absolute Gasteiger partial charge is 0.349 e.